The lowest BCUT2D eigenvalue weighted by Crippen LogP contribution is -2.39. The van der Waals surface area contributed by atoms with Crippen LogP contribution in [0.4, 0.5) is 25.1 Å². The Morgan fingerprint density at radius 3 is 2.77 bits per heavy atom. The molecule has 9 nitrogen and oxygen atoms in total. The van der Waals surface area contributed by atoms with Gasteiger partial charge in [-0.05, 0) is 32.9 Å². The summed E-state index contributed by atoms with van der Waals surface area (Å²) in [5.74, 6) is 0.561. The smallest absolute Gasteiger partial charge is 0.416 e. The first-order chi connectivity index (χ1) is 14.6. The van der Waals surface area contributed by atoms with E-state index in [1.54, 1.807) is 35.9 Å². The number of carbonyl (C=O) groups is 2. The molecule has 0 radical (unpaired) electrons. The van der Waals surface area contributed by atoms with Gasteiger partial charge in [0.15, 0.2) is 5.82 Å². The quantitative estimate of drug-likeness (QED) is 0.747. The van der Waals surface area contributed by atoms with Crippen molar-refractivity contribution in [2.24, 2.45) is 5.73 Å². The van der Waals surface area contributed by atoms with E-state index in [0.29, 0.717) is 22.8 Å². The van der Waals surface area contributed by atoms with Crippen molar-refractivity contribution in [1.29, 1.82) is 0 Å². The number of fused-ring (bicyclic) bond motifs is 3. The maximum absolute atomic E-state index is 13.4. The number of anilines is 2. The number of hydrogen-bond acceptors (Lipinski definition) is 6. The van der Waals surface area contributed by atoms with Crippen LogP contribution in [0.3, 0.4) is 0 Å². The zero-order chi connectivity index (χ0) is 22.5. The first-order valence-corrected chi connectivity index (χ1v) is 9.75. The largest absolute Gasteiger partial charge is 0.490 e. The number of aromatic nitrogens is 2. The summed E-state index contributed by atoms with van der Waals surface area (Å²) in [6.07, 6.45) is -2.05. The van der Waals surface area contributed by atoms with E-state index >= 15 is 0 Å². The number of hydrogen-bond donors (Lipinski definition) is 2. The highest BCUT2D eigenvalue weighted by Gasteiger charge is 2.43. The molecule has 0 saturated carbocycles. The molecular weight excluding hydrogens is 412 g/mol. The van der Waals surface area contributed by atoms with Crippen LogP contribution in [-0.4, -0.2) is 53.3 Å². The van der Waals surface area contributed by atoms with Crippen LogP contribution >= 0.6 is 0 Å². The number of carbonyl (C=O) groups excluding carboxylic acids is 2. The zero-order valence-corrected chi connectivity index (χ0v) is 17.3. The van der Waals surface area contributed by atoms with Gasteiger partial charge in [0.1, 0.15) is 36.9 Å². The Morgan fingerprint density at radius 1 is 1.35 bits per heavy atom. The van der Waals surface area contributed by atoms with Crippen LogP contribution in [0.1, 0.15) is 20.8 Å². The minimum absolute atomic E-state index is 0.0910. The van der Waals surface area contributed by atoms with Gasteiger partial charge in [-0.25, -0.2) is 23.5 Å². The molecule has 1 unspecified atom stereocenters. The summed E-state index contributed by atoms with van der Waals surface area (Å²) in [6.45, 7) is 5.34. The van der Waals surface area contributed by atoms with Crippen LogP contribution in [0.5, 0.6) is 5.75 Å². The predicted molar refractivity (Wildman–Crippen MR) is 108 cm³/mol. The fraction of sp³-hybridized carbons (Fsp3) is 0.450. The minimum Gasteiger partial charge on any atom is -0.490 e. The Bertz CT molecular complexity index is 1040. The molecule has 1 saturated heterocycles. The summed E-state index contributed by atoms with van der Waals surface area (Å²) in [6, 6.07) is 3.24. The van der Waals surface area contributed by atoms with Crippen molar-refractivity contribution in [3.63, 3.8) is 0 Å². The second-order valence-corrected chi connectivity index (χ2v) is 8.22. The van der Waals surface area contributed by atoms with Crippen LogP contribution in [0.2, 0.25) is 0 Å². The fourth-order valence-electron chi connectivity index (χ4n) is 3.58. The average molecular weight is 435 g/mol. The van der Waals surface area contributed by atoms with Gasteiger partial charge in [-0.15, -0.1) is 0 Å². The van der Waals surface area contributed by atoms with Gasteiger partial charge in [-0.1, -0.05) is 0 Å². The van der Waals surface area contributed by atoms with Crippen LogP contribution in [0.25, 0.3) is 11.4 Å². The third-order valence-electron chi connectivity index (χ3n) is 5.40. The molecule has 0 bridgehead atoms. The predicted octanol–water partition coefficient (Wildman–Crippen LogP) is 2.55. The number of halogens is 2. The van der Waals surface area contributed by atoms with Gasteiger partial charge in [-0.3, -0.25) is 4.79 Å². The van der Waals surface area contributed by atoms with Crippen molar-refractivity contribution in [2.75, 3.05) is 23.4 Å². The molecule has 2 atom stereocenters. The fourth-order valence-corrected chi connectivity index (χ4v) is 3.58. The monoisotopic (exact) mass is 435 g/mol. The highest BCUT2D eigenvalue weighted by Crippen LogP contribution is 2.40. The maximum Gasteiger partial charge on any atom is 0.416 e. The van der Waals surface area contributed by atoms with Gasteiger partial charge in [0, 0.05) is 18.0 Å². The number of nitrogens with two attached hydrogens (primary N) is 1. The molecule has 2 aromatic rings. The van der Waals surface area contributed by atoms with Crippen molar-refractivity contribution in [1.82, 2.24) is 9.55 Å². The Balaban J connectivity index is 1.77. The van der Waals surface area contributed by atoms with Gasteiger partial charge < -0.3 is 25.1 Å². The van der Waals surface area contributed by atoms with Gasteiger partial charge in [-0.2, -0.15) is 0 Å². The molecule has 0 aliphatic carbocycles. The molecule has 1 aromatic carbocycles. The third kappa shape index (κ3) is 3.64. The van der Waals surface area contributed by atoms with Crippen LogP contribution in [0.15, 0.2) is 24.4 Å². The third-order valence-corrected chi connectivity index (χ3v) is 5.40. The van der Waals surface area contributed by atoms with Gasteiger partial charge in [0.2, 0.25) is 5.91 Å². The molecule has 2 amide bonds. The molecule has 2 aliphatic rings. The minimum atomic E-state index is -2.77. The zero-order valence-electron chi connectivity index (χ0n) is 17.3. The average Bonchev–Trinajstić information content (AvgIpc) is 3.28. The molecule has 31 heavy (non-hydrogen) atoms. The Hall–Kier alpha value is -3.37. The standard InChI is InChI=1S/C20H23F2N5O4/c1-10(17(23)28)24-11-4-5-12-14(6-11)31-9-20(2,3)26-7-15(25-18(12)26)27-13(16(21)22)8-30-19(27)29/h4-7,10,13,16,24H,8-9H2,1-3H3,(H2,23,28)/t10-,13?/m0/s1. The number of cyclic esters (lactones) is 1. The summed E-state index contributed by atoms with van der Waals surface area (Å²) < 4.78 is 39.5. The number of alkyl halides is 2. The van der Waals surface area contributed by atoms with Crippen molar-refractivity contribution >= 4 is 23.5 Å². The van der Waals surface area contributed by atoms with Crippen molar-refractivity contribution in [3.05, 3.63) is 24.4 Å². The van der Waals surface area contributed by atoms with Crippen molar-refractivity contribution in [3.8, 4) is 17.1 Å². The van der Waals surface area contributed by atoms with E-state index in [1.165, 1.54) is 0 Å². The molecule has 1 aromatic heterocycles. The molecule has 11 heteroatoms. The highest BCUT2D eigenvalue weighted by molar-refractivity contribution is 5.90. The molecule has 4 rings (SSSR count). The molecule has 3 heterocycles. The van der Waals surface area contributed by atoms with Crippen LogP contribution in [-0.2, 0) is 15.1 Å². The maximum atomic E-state index is 13.4. The van der Waals surface area contributed by atoms with Crippen molar-refractivity contribution in [2.45, 2.75) is 44.8 Å². The summed E-state index contributed by atoms with van der Waals surface area (Å²) in [4.78, 5) is 28.9. The van der Waals surface area contributed by atoms with Gasteiger partial charge >= 0.3 is 6.09 Å². The highest BCUT2D eigenvalue weighted by atomic mass is 19.3. The molecule has 3 N–H and O–H groups in total. The second kappa shape index (κ2) is 7.40. The Labute approximate surface area is 177 Å². The number of nitrogens with one attached hydrogen (secondary N) is 1. The topological polar surface area (TPSA) is 112 Å². The van der Waals surface area contributed by atoms with E-state index < -0.39 is 42.7 Å². The summed E-state index contributed by atoms with van der Waals surface area (Å²) in [7, 11) is 0. The second-order valence-electron chi connectivity index (χ2n) is 8.22. The normalized spacial score (nSPS) is 20.4. The number of amides is 2. The SMILES string of the molecule is C[C@H](Nc1ccc2c(c1)OCC(C)(C)n1cc(N3C(=O)OCC3C(F)F)nc1-2)C(N)=O. The van der Waals surface area contributed by atoms with Crippen LogP contribution < -0.4 is 20.7 Å². The Kier molecular flexibility index (Phi) is 4.98. The lowest BCUT2D eigenvalue weighted by molar-refractivity contribution is -0.118. The van der Waals surface area contributed by atoms with Crippen LogP contribution in [0, 0.1) is 0 Å². The van der Waals surface area contributed by atoms with E-state index in [9.17, 15) is 18.4 Å². The van der Waals surface area contributed by atoms with E-state index in [2.05, 4.69) is 10.3 Å². The number of benzene rings is 1. The molecule has 1 fully saturated rings. The number of rotatable bonds is 5. The molecule has 0 spiro atoms. The number of primary amides is 1. The Morgan fingerprint density at radius 2 is 2.10 bits per heavy atom. The van der Waals surface area contributed by atoms with Crippen molar-refractivity contribution < 1.29 is 27.8 Å². The summed E-state index contributed by atoms with van der Waals surface area (Å²) >= 11 is 0. The molecule has 166 valence electrons. The van der Waals surface area contributed by atoms with Gasteiger partial charge in [0.25, 0.3) is 6.43 Å². The van der Waals surface area contributed by atoms with Gasteiger partial charge in [0.05, 0.1) is 11.1 Å². The molecular formula is C20H23F2N5O4. The first kappa shape index (κ1) is 20.9. The number of imidazole rings is 1. The summed E-state index contributed by atoms with van der Waals surface area (Å²) in [5.41, 5.74) is 5.97. The lowest BCUT2D eigenvalue weighted by Gasteiger charge is -2.25. The number of nitrogens with zero attached hydrogens (tertiary/aromatic N) is 3. The van der Waals surface area contributed by atoms with E-state index in [4.69, 9.17) is 15.2 Å². The van der Waals surface area contributed by atoms with E-state index in [0.717, 1.165) is 4.90 Å². The lowest BCUT2D eigenvalue weighted by atomic mass is 10.1. The number of ether oxygens (including phenoxy) is 2. The first-order valence-electron chi connectivity index (χ1n) is 9.75. The van der Waals surface area contributed by atoms with E-state index in [1.807, 2.05) is 13.8 Å². The van der Waals surface area contributed by atoms with E-state index in [-0.39, 0.29) is 12.4 Å². The molecule has 2 aliphatic heterocycles. The summed E-state index contributed by atoms with van der Waals surface area (Å²) in [5, 5.41) is 3.00.